The molecule has 3 fully saturated rings. The van der Waals surface area contributed by atoms with Gasteiger partial charge in [0.15, 0.2) is 5.78 Å². The molecule has 0 radical (unpaired) electrons. The lowest BCUT2D eigenvalue weighted by Crippen LogP contribution is -2.72. The van der Waals surface area contributed by atoms with E-state index in [2.05, 4.69) is 0 Å². The summed E-state index contributed by atoms with van der Waals surface area (Å²) in [4.78, 5) is 62.7. The third-order valence-corrected chi connectivity index (χ3v) is 6.65. The Morgan fingerprint density at radius 2 is 1.97 bits per heavy atom. The lowest BCUT2D eigenvalue weighted by Gasteiger charge is -2.51. The molecule has 2 heterocycles. The molecule has 1 N–H and O–H groups in total. The topological polar surface area (TPSA) is 144 Å². The molecule has 1 saturated carbocycles. The molecule has 2 saturated heterocycles. The minimum absolute atomic E-state index is 0.00815. The fraction of sp³-hybridized carbons (Fsp3) is 0.524. The first-order valence-corrected chi connectivity index (χ1v) is 10.1. The monoisotopic (exact) mass is 430 g/mol. The second kappa shape index (κ2) is 7.52. The van der Waals surface area contributed by atoms with Crippen LogP contribution in [0.3, 0.4) is 0 Å². The van der Waals surface area contributed by atoms with Gasteiger partial charge in [0.2, 0.25) is 11.4 Å². The van der Waals surface area contributed by atoms with Crippen LogP contribution in [0, 0.1) is 22.0 Å². The van der Waals surface area contributed by atoms with Crippen LogP contribution in [-0.4, -0.2) is 56.1 Å². The van der Waals surface area contributed by atoms with Gasteiger partial charge in [0.25, 0.3) is 5.69 Å². The van der Waals surface area contributed by atoms with Crippen LogP contribution in [0.25, 0.3) is 0 Å². The Morgan fingerprint density at radius 3 is 2.52 bits per heavy atom. The highest BCUT2D eigenvalue weighted by molar-refractivity contribution is 6.16. The zero-order valence-corrected chi connectivity index (χ0v) is 16.9. The number of ketones is 2. The van der Waals surface area contributed by atoms with Crippen LogP contribution >= 0.6 is 0 Å². The van der Waals surface area contributed by atoms with Crippen molar-refractivity contribution < 1.29 is 33.9 Å². The summed E-state index contributed by atoms with van der Waals surface area (Å²) in [5.41, 5.74) is -1.49. The van der Waals surface area contributed by atoms with Crippen molar-refractivity contribution in [2.75, 3.05) is 0 Å². The Labute approximate surface area is 177 Å². The predicted octanol–water partition coefficient (Wildman–Crippen LogP) is 0.927. The van der Waals surface area contributed by atoms with Gasteiger partial charge in [0, 0.05) is 37.3 Å². The van der Waals surface area contributed by atoms with Gasteiger partial charge in [0.1, 0.15) is 12.4 Å². The fourth-order valence-corrected chi connectivity index (χ4v) is 5.18. The van der Waals surface area contributed by atoms with E-state index in [-0.39, 0.29) is 37.3 Å². The molecule has 3 aliphatic rings. The second-order valence-electron chi connectivity index (χ2n) is 8.41. The Balaban J connectivity index is 1.61. The average Bonchev–Trinajstić information content (AvgIpc) is 3.25. The molecule has 2 aliphatic heterocycles. The average molecular weight is 430 g/mol. The maximum absolute atomic E-state index is 13.3. The number of nitrogens with zero attached hydrogens (tertiary/aromatic N) is 2. The first kappa shape index (κ1) is 21.1. The molecule has 10 heteroatoms. The number of carbonyl (C=O) groups excluding carboxylic acids is 4. The molecule has 1 aromatic carbocycles. The number of Topliss-reactive ketones (excluding diaryl/α,β-unsaturated/α-hetero) is 2. The Bertz CT molecular complexity index is 972. The highest BCUT2D eigenvalue weighted by Crippen LogP contribution is 2.51. The molecular weight excluding hydrogens is 408 g/mol. The fourth-order valence-electron chi connectivity index (χ4n) is 5.18. The van der Waals surface area contributed by atoms with E-state index in [4.69, 9.17) is 4.74 Å². The van der Waals surface area contributed by atoms with Crippen LogP contribution in [0.5, 0.6) is 0 Å². The number of ether oxygens (including phenoxy) is 1. The summed E-state index contributed by atoms with van der Waals surface area (Å²) in [7, 11) is 0. The number of aliphatic hydroxyl groups is 1. The SMILES string of the molecule is C[C@@H](O)[C@H]1C(=O)N2[C@@H]1CC(=O)[C@]2(C(=O)OCc1ccc([N+](=O)[O-])cc1)[C@@H]1CCC(=O)C1. The van der Waals surface area contributed by atoms with Crippen molar-refractivity contribution in [1.29, 1.82) is 0 Å². The highest BCUT2D eigenvalue weighted by Gasteiger charge is 2.72. The Kier molecular flexibility index (Phi) is 5.12. The highest BCUT2D eigenvalue weighted by atomic mass is 16.6. The second-order valence-corrected chi connectivity index (χ2v) is 8.41. The third-order valence-electron chi connectivity index (χ3n) is 6.65. The van der Waals surface area contributed by atoms with Crippen LogP contribution in [-0.2, 0) is 30.5 Å². The first-order valence-electron chi connectivity index (χ1n) is 10.1. The molecule has 5 atom stereocenters. The van der Waals surface area contributed by atoms with Gasteiger partial charge >= 0.3 is 5.97 Å². The van der Waals surface area contributed by atoms with Gasteiger partial charge in [-0.2, -0.15) is 0 Å². The third kappa shape index (κ3) is 3.13. The lowest BCUT2D eigenvalue weighted by atomic mass is 9.77. The molecule has 0 aromatic heterocycles. The largest absolute Gasteiger partial charge is 0.459 e. The smallest absolute Gasteiger partial charge is 0.340 e. The molecular formula is C21H22N2O8. The van der Waals surface area contributed by atoms with Crippen LogP contribution in [0.1, 0.15) is 38.2 Å². The number of nitro groups is 1. The van der Waals surface area contributed by atoms with Crippen molar-refractivity contribution >= 4 is 29.1 Å². The van der Waals surface area contributed by atoms with Crippen LogP contribution in [0.4, 0.5) is 5.69 Å². The molecule has 1 aromatic rings. The normalized spacial score (nSPS) is 30.7. The van der Waals surface area contributed by atoms with Gasteiger partial charge in [-0.25, -0.2) is 4.79 Å². The maximum atomic E-state index is 13.3. The molecule has 1 aliphatic carbocycles. The quantitative estimate of drug-likeness (QED) is 0.231. The van der Waals surface area contributed by atoms with E-state index in [9.17, 15) is 34.4 Å². The van der Waals surface area contributed by atoms with Gasteiger partial charge in [0.05, 0.1) is 23.0 Å². The molecule has 4 rings (SSSR count). The number of β-lactam (4-membered cyclic amide) rings is 1. The number of carbonyl (C=O) groups is 4. The summed E-state index contributed by atoms with van der Waals surface area (Å²) in [5.74, 6) is -3.36. The Hall–Kier alpha value is -3.14. The van der Waals surface area contributed by atoms with E-state index in [1.165, 1.54) is 36.1 Å². The molecule has 10 nitrogen and oxygen atoms in total. The minimum Gasteiger partial charge on any atom is -0.459 e. The summed E-state index contributed by atoms with van der Waals surface area (Å²) < 4.78 is 5.43. The number of hydrogen-bond donors (Lipinski definition) is 1. The number of fused-ring (bicyclic) bond motifs is 1. The van der Waals surface area contributed by atoms with E-state index in [0.717, 1.165) is 0 Å². The zero-order chi connectivity index (χ0) is 22.5. The van der Waals surface area contributed by atoms with E-state index < -0.39 is 52.1 Å². The van der Waals surface area contributed by atoms with E-state index in [1.54, 1.807) is 0 Å². The zero-order valence-electron chi connectivity index (χ0n) is 16.9. The molecule has 0 bridgehead atoms. The lowest BCUT2D eigenvalue weighted by molar-refractivity contribution is -0.384. The number of non-ortho nitro benzene ring substituents is 1. The Morgan fingerprint density at radius 1 is 1.29 bits per heavy atom. The number of esters is 1. The van der Waals surface area contributed by atoms with Crippen molar-refractivity contribution in [2.24, 2.45) is 11.8 Å². The van der Waals surface area contributed by atoms with Crippen LogP contribution in [0.2, 0.25) is 0 Å². The number of benzene rings is 1. The number of hydrogen-bond acceptors (Lipinski definition) is 8. The maximum Gasteiger partial charge on any atom is 0.340 e. The number of rotatable bonds is 6. The van der Waals surface area contributed by atoms with Gasteiger partial charge in [-0.05, 0) is 31.0 Å². The number of amides is 1. The summed E-state index contributed by atoms with van der Waals surface area (Å²) in [6.45, 7) is 1.23. The summed E-state index contributed by atoms with van der Waals surface area (Å²) in [5, 5.41) is 20.7. The van der Waals surface area contributed by atoms with E-state index in [1.807, 2.05) is 0 Å². The standard InChI is InChI=1S/C21H22N2O8/c1-11(24)18-16-9-17(26)21(22(16)19(18)27,13-4-7-15(25)8-13)20(28)31-10-12-2-5-14(6-3-12)23(29)30/h2-3,5-6,11,13,16,18,24H,4,7-10H2,1H3/t11-,13-,16-,18-,21+/m1/s1. The van der Waals surface area contributed by atoms with Crippen molar-refractivity contribution in [3.63, 3.8) is 0 Å². The first-order chi connectivity index (χ1) is 14.7. The van der Waals surface area contributed by atoms with Crippen LogP contribution < -0.4 is 0 Å². The van der Waals surface area contributed by atoms with Crippen LogP contribution in [0.15, 0.2) is 24.3 Å². The van der Waals surface area contributed by atoms with Gasteiger partial charge in [-0.1, -0.05) is 0 Å². The minimum atomic E-state index is -1.86. The molecule has 0 unspecified atom stereocenters. The molecule has 31 heavy (non-hydrogen) atoms. The summed E-state index contributed by atoms with van der Waals surface area (Å²) >= 11 is 0. The number of aliphatic hydroxyl groups excluding tert-OH is 1. The number of nitro benzene ring substituents is 1. The van der Waals surface area contributed by atoms with Crippen molar-refractivity contribution in [3.05, 3.63) is 39.9 Å². The predicted molar refractivity (Wildman–Crippen MR) is 103 cm³/mol. The van der Waals surface area contributed by atoms with Gasteiger partial charge < -0.3 is 14.7 Å². The van der Waals surface area contributed by atoms with Crippen molar-refractivity contribution in [3.8, 4) is 0 Å². The van der Waals surface area contributed by atoms with E-state index in [0.29, 0.717) is 12.0 Å². The molecule has 164 valence electrons. The summed E-state index contributed by atoms with van der Waals surface area (Å²) in [6.07, 6.45) is -0.499. The van der Waals surface area contributed by atoms with Gasteiger partial charge in [-0.3, -0.25) is 24.5 Å². The molecule has 0 spiro atoms. The van der Waals surface area contributed by atoms with Crippen molar-refractivity contribution in [1.82, 2.24) is 4.90 Å². The van der Waals surface area contributed by atoms with Gasteiger partial charge in [-0.15, -0.1) is 0 Å². The summed E-state index contributed by atoms with van der Waals surface area (Å²) in [6, 6.07) is 4.83. The molecule has 1 amide bonds. The van der Waals surface area contributed by atoms with E-state index >= 15 is 0 Å². The van der Waals surface area contributed by atoms with Crippen molar-refractivity contribution in [2.45, 2.75) is 56.9 Å².